The summed E-state index contributed by atoms with van der Waals surface area (Å²) in [5, 5.41) is 43.8. The van der Waals surface area contributed by atoms with Crippen LogP contribution in [0, 0.1) is 40.8 Å². The Hall–Kier alpha value is -2.90. The van der Waals surface area contributed by atoms with Crippen molar-refractivity contribution in [2.45, 2.75) is 12.2 Å². The molecule has 57 heavy (non-hydrogen) atoms. The summed E-state index contributed by atoms with van der Waals surface area (Å²) >= 11 is 30.3. The molecule has 0 saturated heterocycles. The summed E-state index contributed by atoms with van der Waals surface area (Å²) in [4.78, 5) is 4.12. The number of pyridine rings is 2. The molecule has 5 heterocycles. The molecule has 8 rings (SSSR count). The summed E-state index contributed by atoms with van der Waals surface area (Å²) in [5.74, 6) is 0.412. The van der Waals surface area contributed by atoms with E-state index in [0.29, 0.717) is 59.3 Å². The molecule has 15 heteroatoms. The first-order valence-electron chi connectivity index (χ1n) is 16.7. The second-order valence-electron chi connectivity index (χ2n) is 12.5. The maximum atomic E-state index is 12.3. The second kappa shape index (κ2) is 18.2. The van der Waals surface area contributed by atoms with Gasteiger partial charge in [0.2, 0.25) is 0 Å². The van der Waals surface area contributed by atoms with Crippen molar-refractivity contribution in [3.05, 3.63) is 188 Å². The molecule has 0 aliphatic heterocycles. The molecule has 0 spiro atoms. The first-order valence-corrected chi connectivity index (χ1v) is 21.1. The smallest absolute Gasteiger partial charge is 0.854 e. The minimum Gasteiger partial charge on any atom is -0.854 e. The molecule has 8 aromatic rings. The largest absolute Gasteiger partial charge is 2.00 e. The van der Waals surface area contributed by atoms with E-state index in [-0.39, 0.29) is 52.3 Å². The van der Waals surface area contributed by atoms with E-state index < -0.39 is 12.2 Å². The average Bonchev–Trinajstić information content (AvgIpc) is 3.93. The Balaban J connectivity index is 0.00000496. The van der Waals surface area contributed by atoms with Gasteiger partial charge in [-0.1, -0.05) is 75.3 Å². The molecule has 3 aromatic carbocycles. The number of aliphatic hydroxyl groups excluding tert-OH is 2. The minimum absolute atomic E-state index is 0. The zero-order chi connectivity index (χ0) is 39.1. The van der Waals surface area contributed by atoms with Crippen molar-refractivity contribution in [2.75, 3.05) is 0 Å². The first kappa shape index (κ1) is 42.2. The summed E-state index contributed by atoms with van der Waals surface area (Å²) in [6.07, 6.45) is 7.35. The number of hydrogen-bond donors (Lipinski definition) is 2. The summed E-state index contributed by atoms with van der Waals surface area (Å²) in [7, 11) is 0. The van der Waals surface area contributed by atoms with Crippen LogP contribution in [0.25, 0.3) is 43.8 Å². The van der Waals surface area contributed by atoms with Crippen LogP contribution in [0.5, 0.6) is 0 Å². The number of aliphatic hydroxyl groups is 2. The van der Waals surface area contributed by atoms with Crippen LogP contribution >= 0.6 is 69.1 Å². The normalized spacial score (nSPS) is 12.7. The second-order valence-corrected chi connectivity index (χ2v) is 17.9. The van der Waals surface area contributed by atoms with E-state index in [1.165, 1.54) is 12.3 Å². The van der Waals surface area contributed by atoms with Crippen LogP contribution in [0.15, 0.2) is 131 Å². The van der Waals surface area contributed by atoms with Crippen molar-refractivity contribution in [1.82, 2.24) is 10.1 Å². The Morgan fingerprint density at radius 2 is 1.72 bits per heavy atom. The third-order valence-corrected chi connectivity index (χ3v) is 12.7. The standard InChI is InChI=1S/C42H25Cl4IN4O3S2.U/c43-26-8-6-23(7-9-26)41-36(38(50-54-41)31-21-55-34-12-10-27(47)17-28(31)34)40(53)25-4-2-14-51(20-25)33-16-22(5-11-32(33)44)15-29(39(52)24-3-1-13-49-19-24)37(48)30-18-35(45)56-42(30)46;/h1-14,16-21,39-40,47,52-53H;/q;+2. The Morgan fingerprint density at radius 3 is 2.46 bits per heavy atom. The van der Waals surface area contributed by atoms with Gasteiger partial charge in [0.15, 0.2) is 27.4 Å². The minimum atomic E-state index is -1.32. The fourth-order valence-electron chi connectivity index (χ4n) is 6.27. The summed E-state index contributed by atoms with van der Waals surface area (Å²) < 4.78 is 10.6. The van der Waals surface area contributed by atoms with E-state index >= 15 is 0 Å². The van der Waals surface area contributed by atoms with Crippen LogP contribution < -0.4 is 27.2 Å². The van der Waals surface area contributed by atoms with Crippen molar-refractivity contribution in [1.29, 1.82) is 0 Å². The van der Waals surface area contributed by atoms with Gasteiger partial charge in [-0.2, -0.15) is 4.57 Å². The predicted octanol–water partition coefficient (Wildman–Crippen LogP) is 7.98. The molecule has 0 amide bonds. The van der Waals surface area contributed by atoms with Crippen molar-refractivity contribution in [3.8, 4) is 28.3 Å². The maximum absolute atomic E-state index is 12.3. The van der Waals surface area contributed by atoms with Gasteiger partial charge in [0, 0.05) is 67.3 Å². The molecule has 0 aliphatic carbocycles. The van der Waals surface area contributed by atoms with Gasteiger partial charge in [0.25, 0.3) is 22.6 Å². The quantitative estimate of drug-likeness (QED) is 0.0626. The number of fused-ring (bicyclic) bond motifs is 1. The molecule has 2 atom stereocenters. The molecule has 0 aliphatic rings. The van der Waals surface area contributed by atoms with Crippen LogP contribution in [-0.4, -0.2) is 26.1 Å². The molecule has 2 N–H and O–H groups in total. The van der Waals surface area contributed by atoms with E-state index in [9.17, 15) is 15.6 Å². The number of halogens is 5. The average molecular weight is 1200 g/mol. The summed E-state index contributed by atoms with van der Waals surface area (Å²) in [6.45, 7) is 0. The number of thiophene rings is 2. The van der Waals surface area contributed by atoms with Gasteiger partial charge >= 0.3 is 31.1 Å². The zero-order valence-electron chi connectivity index (χ0n) is 29.0. The monoisotopic (exact) mass is 1200 g/mol. The topological polar surface area (TPSA) is 106 Å². The van der Waals surface area contributed by atoms with E-state index in [1.807, 2.05) is 46.2 Å². The third kappa shape index (κ3) is 8.86. The molecule has 2 unspecified atom stereocenters. The number of nitrogens with zero attached hydrogens (tertiary/aromatic N) is 4. The number of aromatic nitrogens is 3. The van der Waals surface area contributed by atoms with E-state index in [0.717, 1.165) is 30.6 Å². The Labute approximate surface area is 392 Å². The van der Waals surface area contributed by atoms with Gasteiger partial charge in [-0.25, -0.2) is 5.71 Å². The van der Waals surface area contributed by atoms with Gasteiger partial charge in [0.1, 0.15) is 11.8 Å². The van der Waals surface area contributed by atoms with Crippen LogP contribution in [0.2, 0.25) is 18.7 Å². The van der Waals surface area contributed by atoms with Crippen LogP contribution in [0.3, 0.4) is 0 Å². The maximum Gasteiger partial charge on any atom is 2.00 e. The van der Waals surface area contributed by atoms with Crippen molar-refractivity contribution >= 4 is 84.9 Å². The van der Waals surface area contributed by atoms with Crippen molar-refractivity contribution in [3.63, 3.8) is 0 Å². The van der Waals surface area contributed by atoms with E-state index in [2.05, 4.69) is 34.4 Å². The molecule has 280 valence electrons. The van der Waals surface area contributed by atoms with Gasteiger partial charge in [0.05, 0.1) is 25.4 Å². The number of hydrogen-bond acceptors (Lipinski definition) is 7. The first-order chi connectivity index (χ1) is 27.0. The molecule has 0 saturated carbocycles. The molecular weight excluding hydrogens is 1180 g/mol. The zero-order valence-corrected chi connectivity index (χ0v) is 40.2. The fourth-order valence-corrected chi connectivity index (χ4v) is 9.53. The van der Waals surface area contributed by atoms with Crippen LogP contribution in [0.1, 0.15) is 40.0 Å². The predicted molar refractivity (Wildman–Crippen MR) is 222 cm³/mol. The number of rotatable bonds is 10. The summed E-state index contributed by atoms with van der Waals surface area (Å²) in [6, 6.07) is 27.1. The van der Waals surface area contributed by atoms with Gasteiger partial charge in [-0.05, 0) is 54.6 Å². The summed E-state index contributed by atoms with van der Waals surface area (Å²) in [5.41, 5.74) is 4.58. The van der Waals surface area contributed by atoms with Gasteiger partial charge < -0.3 is 20.1 Å². The van der Waals surface area contributed by atoms with E-state index in [1.54, 1.807) is 83.0 Å². The number of benzene rings is 3. The fraction of sp³-hybridized carbons (Fsp3) is 0.0476. The van der Waals surface area contributed by atoms with Crippen LogP contribution in [-0.2, 0) is 0 Å². The van der Waals surface area contributed by atoms with Crippen molar-refractivity contribution in [2.24, 2.45) is 0 Å². The molecule has 5 aromatic heterocycles. The Bertz CT molecular complexity index is 2790. The third-order valence-electron chi connectivity index (χ3n) is 8.99. The molecule has 0 bridgehead atoms. The Morgan fingerprint density at radius 1 is 0.930 bits per heavy atom. The SMILES string of the molecule is [N-]=C(C(=[C-]c1ccc(Cl)c(-[n+]2cccc(C(O)c3c(-c4csc5ccc([IH+])cc45)noc3-c3ccc(Cl)cc3)c2)c1)C(O)c1cccnc1)c1cc(Cl)sc1Cl.[U+2]. The molecular formula is C42H25Cl4IN4O3S2U+2. The Kier molecular flexibility index (Phi) is 13.5. The van der Waals surface area contributed by atoms with E-state index in [4.69, 9.17) is 50.9 Å². The van der Waals surface area contributed by atoms with Gasteiger partial charge in [-0.15, -0.1) is 46.0 Å². The van der Waals surface area contributed by atoms with Crippen molar-refractivity contribution < 1.29 is 73.0 Å². The van der Waals surface area contributed by atoms with Gasteiger partial charge in [-0.3, -0.25) is 4.98 Å². The van der Waals surface area contributed by atoms with Crippen LogP contribution in [0.4, 0.5) is 0 Å². The molecule has 7 nitrogen and oxygen atoms in total. The molecule has 0 radical (unpaired) electrons. The molecule has 0 fully saturated rings.